The average molecular weight is 670 g/mol. The minimum atomic E-state index is -3.46. The Hall–Kier alpha value is -2.79. The summed E-state index contributed by atoms with van der Waals surface area (Å²) >= 11 is 6.53. The molecule has 0 saturated carbocycles. The summed E-state index contributed by atoms with van der Waals surface area (Å²) in [6.07, 6.45) is 5.22. The van der Waals surface area contributed by atoms with Crippen LogP contribution in [0.4, 0.5) is 15.5 Å². The third-order valence-corrected chi connectivity index (χ3v) is 13.3. The number of rotatable bonds is 7. The third-order valence-electron chi connectivity index (χ3n) is 10.6. The second-order valence-corrected chi connectivity index (χ2v) is 18.2. The number of fused-ring (bicyclic) bond motifs is 2. The number of halogens is 2. The molecular weight excluding hydrogens is 625 g/mol. The van der Waals surface area contributed by atoms with E-state index in [0.717, 1.165) is 49.8 Å². The minimum absolute atomic E-state index is 0.0529. The summed E-state index contributed by atoms with van der Waals surface area (Å²) in [7, 11) is -3.46. The van der Waals surface area contributed by atoms with Crippen LogP contribution in [0.1, 0.15) is 69.4 Å². The molecule has 8 nitrogen and oxygen atoms in total. The number of hydrogen-bond acceptors (Lipinski definition) is 5. The zero-order valence-corrected chi connectivity index (χ0v) is 28.8. The quantitative estimate of drug-likeness (QED) is 0.275. The van der Waals surface area contributed by atoms with Crippen molar-refractivity contribution in [3.63, 3.8) is 0 Å². The third kappa shape index (κ3) is 5.91. The molecule has 4 aliphatic heterocycles. The van der Waals surface area contributed by atoms with Gasteiger partial charge in [-0.1, -0.05) is 43.5 Å². The van der Waals surface area contributed by atoms with E-state index in [4.69, 9.17) is 16.3 Å². The van der Waals surface area contributed by atoms with Gasteiger partial charge in [-0.3, -0.25) is 14.4 Å². The van der Waals surface area contributed by atoms with E-state index in [1.807, 2.05) is 42.2 Å². The summed E-state index contributed by atoms with van der Waals surface area (Å²) in [5.41, 5.74) is 0.808. The second kappa shape index (κ2) is 13.0. The fourth-order valence-corrected chi connectivity index (χ4v) is 11.1. The second-order valence-electron chi connectivity index (χ2n) is 14.0. The lowest BCUT2D eigenvalue weighted by Gasteiger charge is -2.31. The van der Waals surface area contributed by atoms with Gasteiger partial charge in [-0.2, -0.15) is 0 Å². The molecule has 3 fully saturated rings. The smallest absolute Gasteiger partial charge is 0.264 e. The van der Waals surface area contributed by atoms with Gasteiger partial charge >= 0.3 is 0 Å². The van der Waals surface area contributed by atoms with Crippen LogP contribution in [0.5, 0.6) is 0 Å². The number of carbonyl (C=O) groups is 3. The molecule has 46 heavy (non-hydrogen) atoms. The predicted octanol–water partition coefficient (Wildman–Crippen LogP) is 6.33. The Bertz CT molecular complexity index is 1500. The number of nitrogens with zero attached hydrogens (tertiary/aromatic N) is 3. The minimum Gasteiger partial charge on any atom is -0.394 e. The molecule has 0 radical (unpaired) electrons. The maximum atomic E-state index is 16.2. The Balaban J connectivity index is 1.33. The molecule has 1 N–H and O–H groups in total. The summed E-state index contributed by atoms with van der Waals surface area (Å²) < 4.78 is 23.0. The van der Waals surface area contributed by atoms with Crippen molar-refractivity contribution in [1.82, 2.24) is 4.90 Å². The Labute approximate surface area is 277 Å². The van der Waals surface area contributed by atoms with E-state index in [1.54, 1.807) is 35.0 Å². The van der Waals surface area contributed by atoms with E-state index in [1.165, 1.54) is 0 Å². The highest BCUT2D eigenvalue weighted by Crippen LogP contribution is 2.60. The molecule has 3 saturated heterocycles. The average Bonchev–Trinajstić information content (AvgIpc) is 3.66. The molecule has 248 valence electrons. The van der Waals surface area contributed by atoms with Crippen LogP contribution in [0, 0.1) is 5.92 Å². The van der Waals surface area contributed by atoms with Gasteiger partial charge in [-0.05, 0) is 74.7 Å². The van der Waals surface area contributed by atoms with Gasteiger partial charge in [-0.15, -0.1) is 0 Å². The maximum absolute atomic E-state index is 16.2. The highest BCUT2D eigenvalue weighted by atomic mass is 35.5. The number of amides is 3. The van der Waals surface area contributed by atoms with Gasteiger partial charge < -0.3 is 28.7 Å². The normalized spacial score (nSPS) is 28.6. The van der Waals surface area contributed by atoms with Crippen LogP contribution in [-0.2, 0) is 31.3 Å². The summed E-state index contributed by atoms with van der Waals surface area (Å²) in [6, 6.07) is 12.8. The van der Waals surface area contributed by atoms with Crippen LogP contribution >= 0.6 is 11.6 Å². The highest BCUT2D eigenvalue weighted by molar-refractivity contribution is 6.72. The van der Waals surface area contributed by atoms with E-state index in [0.29, 0.717) is 35.8 Å². The predicted molar refractivity (Wildman–Crippen MR) is 179 cm³/mol. The number of aliphatic hydroxyl groups is 1. The van der Waals surface area contributed by atoms with Crippen LogP contribution in [0.15, 0.2) is 42.5 Å². The Kier molecular flexibility index (Phi) is 9.37. The monoisotopic (exact) mass is 669 g/mol. The standard InChI is InChI=1S/C35H45ClFN3O5Si/c1-23-33(46(2,3)37)30(20-32(43)39-17-9-12-27(39)22-41)45-35(23)28-19-25(36)14-15-29(28)40(34(35)44)21-24-10-8-11-26(18-24)38-16-7-5-4-6-13-31(38)42/h8,10-11,14-15,18-19,23,27,30,33,41H,4-7,9,12-13,16-17,20-22H2,1-3H3/t23-,27-,30+,33-,35+/m0/s1. The largest absolute Gasteiger partial charge is 0.394 e. The maximum Gasteiger partial charge on any atom is 0.264 e. The van der Waals surface area contributed by atoms with Crippen molar-refractivity contribution in [3.05, 3.63) is 58.6 Å². The molecule has 3 amide bonds. The molecule has 0 aliphatic carbocycles. The van der Waals surface area contributed by atoms with Crippen LogP contribution in [-0.4, -0.2) is 68.0 Å². The van der Waals surface area contributed by atoms with E-state index in [9.17, 15) is 19.5 Å². The molecule has 4 aliphatic rings. The molecule has 0 aromatic heterocycles. The van der Waals surface area contributed by atoms with Crippen LogP contribution in [0.3, 0.4) is 0 Å². The zero-order valence-electron chi connectivity index (χ0n) is 27.0. The molecule has 0 unspecified atom stereocenters. The first kappa shape index (κ1) is 33.1. The van der Waals surface area contributed by atoms with Gasteiger partial charge in [0.1, 0.15) is 0 Å². The number of carbonyl (C=O) groups excluding carboxylic acids is 3. The lowest BCUT2D eigenvalue weighted by atomic mass is 9.82. The van der Waals surface area contributed by atoms with Gasteiger partial charge in [0.05, 0.1) is 37.4 Å². The zero-order chi connectivity index (χ0) is 32.8. The fourth-order valence-electron chi connectivity index (χ4n) is 8.46. The lowest BCUT2D eigenvalue weighted by molar-refractivity contribution is -0.150. The lowest BCUT2D eigenvalue weighted by Crippen LogP contribution is -2.45. The van der Waals surface area contributed by atoms with Crippen molar-refractivity contribution < 1.29 is 28.3 Å². The van der Waals surface area contributed by atoms with Gasteiger partial charge in [0.15, 0.2) is 5.60 Å². The van der Waals surface area contributed by atoms with E-state index < -0.39 is 31.6 Å². The number of hydrogen-bond donors (Lipinski definition) is 1. The molecule has 1 spiro atoms. The van der Waals surface area contributed by atoms with Crippen molar-refractivity contribution in [1.29, 1.82) is 0 Å². The first-order valence-corrected chi connectivity index (χ1v) is 20.1. The summed E-state index contributed by atoms with van der Waals surface area (Å²) in [4.78, 5) is 46.5. The Morgan fingerprint density at radius 1 is 1.09 bits per heavy atom. The Morgan fingerprint density at radius 2 is 1.87 bits per heavy atom. The molecule has 4 heterocycles. The summed E-state index contributed by atoms with van der Waals surface area (Å²) in [6.45, 7) is 6.44. The first-order valence-electron chi connectivity index (χ1n) is 16.7. The number of aliphatic hydroxyl groups excluding tert-OH is 1. The van der Waals surface area contributed by atoms with Crippen LogP contribution in [0.25, 0.3) is 0 Å². The number of anilines is 2. The molecule has 2 aromatic carbocycles. The molecule has 6 rings (SSSR count). The summed E-state index contributed by atoms with van der Waals surface area (Å²) in [5, 5.41) is 10.3. The highest BCUT2D eigenvalue weighted by Gasteiger charge is 2.67. The van der Waals surface area contributed by atoms with E-state index in [2.05, 4.69) is 0 Å². The fraction of sp³-hybridized carbons (Fsp3) is 0.571. The van der Waals surface area contributed by atoms with Gasteiger partial charge in [0, 0.05) is 47.2 Å². The topological polar surface area (TPSA) is 90.4 Å². The van der Waals surface area contributed by atoms with Crippen molar-refractivity contribution in [2.75, 3.05) is 29.5 Å². The Morgan fingerprint density at radius 3 is 2.63 bits per heavy atom. The molecule has 0 bridgehead atoms. The van der Waals surface area contributed by atoms with Crippen molar-refractivity contribution >= 4 is 49.1 Å². The van der Waals surface area contributed by atoms with Gasteiger partial charge in [0.2, 0.25) is 20.2 Å². The van der Waals surface area contributed by atoms with E-state index in [-0.39, 0.29) is 43.3 Å². The van der Waals surface area contributed by atoms with Crippen LogP contribution < -0.4 is 9.80 Å². The molecular formula is C35H45ClFN3O5Si. The molecule has 5 atom stereocenters. The van der Waals surface area contributed by atoms with Crippen molar-refractivity contribution in [2.24, 2.45) is 5.92 Å². The van der Waals surface area contributed by atoms with Crippen LogP contribution in [0.2, 0.25) is 23.7 Å². The molecule has 2 aromatic rings. The van der Waals surface area contributed by atoms with Crippen molar-refractivity contribution in [2.45, 2.75) is 101 Å². The number of ether oxygens (including phenoxy) is 1. The SMILES string of the molecule is C[C@H]1[C@H]([Si](C)(C)F)[C@@H](CC(=O)N2CCC[C@H]2CO)O[C@]12C(=O)N(Cc1cccc(N3CCCCCCC3=O)c1)c1ccc(Cl)cc12. The molecule has 11 heteroatoms. The van der Waals surface area contributed by atoms with Gasteiger partial charge in [-0.25, -0.2) is 0 Å². The van der Waals surface area contributed by atoms with Gasteiger partial charge in [0.25, 0.3) is 5.91 Å². The van der Waals surface area contributed by atoms with Crippen molar-refractivity contribution in [3.8, 4) is 0 Å². The van der Waals surface area contributed by atoms with E-state index >= 15 is 4.11 Å². The number of benzene rings is 2. The first-order chi connectivity index (χ1) is 22.0. The summed E-state index contributed by atoms with van der Waals surface area (Å²) in [5.74, 6) is -0.912. The number of likely N-dealkylation sites (tertiary alicyclic amines) is 1.